The Balaban J connectivity index is 1.53. The van der Waals surface area contributed by atoms with Crippen LogP contribution in [0, 0.1) is 0 Å². The van der Waals surface area contributed by atoms with E-state index in [2.05, 4.69) is 27.8 Å². The first kappa shape index (κ1) is 26.1. The fraction of sp³-hybridized carbons (Fsp3) is 0.704. The van der Waals surface area contributed by atoms with Crippen LogP contribution in [0.3, 0.4) is 0 Å². The quantitative estimate of drug-likeness (QED) is 0.652. The molecule has 194 valence electrons. The van der Waals surface area contributed by atoms with E-state index in [1.807, 2.05) is 28.0 Å². The van der Waals surface area contributed by atoms with E-state index in [4.69, 9.17) is 4.74 Å². The largest absolute Gasteiger partial charge is 0.381 e. The third-order valence-corrected chi connectivity index (χ3v) is 7.74. The number of piperazine rings is 1. The zero-order chi connectivity index (χ0) is 24.6. The van der Waals surface area contributed by atoms with Crippen molar-refractivity contribution in [1.29, 1.82) is 0 Å². The smallest absolute Gasteiger partial charge is 0.237 e. The summed E-state index contributed by atoms with van der Waals surface area (Å²) >= 11 is 0. The van der Waals surface area contributed by atoms with Crippen LogP contribution in [0.2, 0.25) is 0 Å². The Morgan fingerprint density at radius 1 is 0.914 bits per heavy atom. The number of benzene rings is 1. The Labute approximate surface area is 210 Å². The molecule has 1 aromatic rings. The summed E-state index contributed by atoms with van der Waals surface area (Å²) in [5, 5.41) is 0. The minimum atomic E-state index is 0.0578. The Morgan fingerprint density at radius 2 is 1.60 bits per heavy atom. The number of carbonyl (C=O) groups is 2. The van der Waals surface area contributed by atoms with E-state index in [0.29, 0.717) is 25.7 Å². The summed E-state index contributed by atoms with van der Waals surface area (Å²) in [7, 11) is 2.14. The minimum Gasteiger partial charge on any atom is -0.381 e. The molecule has 3 heterocycles. The van der Waals surface area contributed by atoms with Gasteiger partial charge in [-0.05, 0) is 44.4 Å². The second kappa shape index (κ2) is 12.8. The van der Waals surface area contributed by atoms with Crippen LogP contribution < -0.4 is 4.90 Å². The summed E-state index contributed by atoms with van der Waals surface area (Å²) in [5.41, 5.74) is 1.99. The summed E-state index contributed by atoms with van der Waals surface area (Å²) < 4.78 is 5.60. The van der Waals surface area contributed by atoms with Crippen molar-refractivity contribution in [3.63, 3.8) is 0 Å². The Morgan fingerprint density at radius 3 is 2.31 bits per heavy atom. The van der Waals surface area contributed by atoms with E-state index in [1.54, 1.807) is 6.92 Å². The number of amides is 2. The molecule has 0 aliphatic carbocycles. The number of anilines is 1. The standard InChI is InChI=1S/C27H43N5O3/c1-23(33)32-14-6-12-30(25-9-19-35-20-10-25)11-5-13-31(21-24-7-3-4-8-26(24)32)27(34)22-29-17-15-28(2)16-18-29/h3-4,7-8,25H,5-6,9-22H2,1-2H3. The molecule has 0 aromatic heterocycles. The maximum Gasteiger partial charge on any atom is 0.237 e. The number of ether oxygens (including phenoxy) is 1. The van der Waals surface area contributed by atoms with Gasteiger partial charge >= 0.3 is 0 Å². The summed E-state index contributed by atoms with van der Waals surface area (Å²) in [4.78, 5) is 37.3. The number of hydrogen-bond acceptors (Lipinski definition) is 6. The third kappa shape index (κ3) is 7.26. The molecule has 3 aliphatic heterocycles. The van der Waals surface area contributed by atoms with Gasteiger partial charge in [-0.1, -0.05) is 18.2 Å². The fourth-order valence-corrected chi connectivity index (χ4v) is 5.57. The highest BCUT2D eigenvalue weighted by molar-refractivity contribution is 5.92. The molecule has 0 spiro atoms. The lowest BCUT2D eigenvalue weighted by Gasteiger charge is -2.37. The number of fused-ring (bicyclic) bond motifs is 1. The van der Waals surface area contributed by atoms with Gasteiger partial charge in [-0.15, -0.1) is 0 Å². The van der Waals surface area contributed by atoms with Gasteiger partial charge < -0.3 is 24.3 Å². The SMILES string of the molecule is CC(=O)N1CCCN(C2CCOCC2)CCCN(C(=O)CN2CCN(C)CC2)Cc2ccccc21. The molecule has 2 fully saturated rings. The van der Waals surface area contributed by atoms with Gasteiger partial charge in [0.05, 0.1) is 6.54 Å². The van der Waals surface area contributed by atoms with Gasteiger partial charge in [-0.3, -0.25) is 14.5 Å². The molecule has 2 amide bonds. The first-order valence-electron chi connectivity index (χ1n) is 13.4. The summed E-state index contributed by atoms with van der Waals surface area (Å²) in [5.74, 6) is 0.246. The number of nitrogens with zero attached hydrogens (tertiary/aromatic N) is 5. The number of hydrogen-bond donors (Lipinski definition) is 0. The van der Waals surface area contributed by atoms with Crippen molar-refractivity contribution >= 4 is 17.5 Å². The van der Waals surface area contributed by atoms with Gasteiger partial charge in [0.1, 0.15) is 0 Å². The predicted octanol–water partition coefficient (Wildman–Crippen LogP) is 1.89. The highest BCUT2D eigenvalue weighted by atomic mass is 16.5. The molecule has 2 saturated heterocycles. The van der Waals surface area contributed by atoms with Crippen LogP contribution >= 0.6 is 0 Å². The van der Waals surface area contributed by atoms with E-state index in [1.165, 1.54) is 0 Å². The van der Waals surface area contributed by atoms with Gasteiger partial charge in [0, 0.05) is 90.8 Å². The van der Waals surface area contributed by atoms with Crippen molar-refractivity contribution < 1.29 is 14.3 Å². The van der Waals surface area contributed by atoms with Gasteiger partial charge in [0.15, 0.2) is 0 Å². The van der Waals surface area contributed by atoms with Crippen molar-refractivity contribution in [3.8, 4) is 0 Å². The molecular weight excluding hydrogens is 442 g/mol. The molecule has 0 N–H and O–H groups in total. The predicted molar refractivity (Wildman–Crippen MR) is 138 cm³/mol. The van der Waals surface area contributed by atoms with Crippen LogP contribution in [0.25, 0.3) is 0 Å². The zero-order valence-corrected chi connectivity index (χ0v) is 21.7. The van der Waals surface area contributed by atoms with Gasteiger partial charge in [-0.25, -0.2) is 0 Å². The van der Waals surface area contributed by atoms with Crippen LogP contribution in [0.4, 0.5) is 5.69 Å². The van der Waals surface area contributed by atoms with E-state index >= 15 is 0 Å². The summed E-state index contributed by atoms with van der Waals surface area (Å²) in [6.07, 6.45) is 4.03. The lowest BCUT2D eigenvalue weighted by molar-refractivity contribution is -0.133. The molecule has 0 unspecified atom stereocenters. The number of carbonyl (C=O) groups excluding carboxylic acids is 2. The Bertz CT molecular complexity index is 836. The van der Waals surface area contributed by atoms with E-state index < -0.39 is 0 Å². The average Bonchev–Trinajstić information content (AvgIpc) is 2.86. The van der Waals surface area contributed by atoms with E-state index in [-0.39, 0.29) is 11.8 Å². The Kier molecular flexibility index (Phi) is 9.54. The second-order valence-corrected chi connectivity index (χ2v) is 10.3. The second-order valence-electron chi connectivity index (χ2n) is 10.3. The topological polar surface area (TPSA) is 59.6 Å². The van der Waals surface area contributed by atoms with Crippen LogP contribution in [0.1, 0.15) is 38.2 Å². The molecule has 0 atom stereocenters. The maximum atomic E-state index is 13.5. The van der Waals surface area contributed by atoms with Gasteiger partial charge in [0.25, 0.3) is 0 Å². The molecule has 4 rings (SSSR count). The summed E-state index contributed by atoms with van der Waals surface area (Å²) in [6, 6.07) is 8.63. The fourth-order valence-electron chi connectivity index (χ4n) is 5.57. The van der Waals surface area contributed by atoms with Crippen LogP contribution in [-0.2, 0) is 20.9 Å². The molecule has 0 bridgehead atoms. The molecular formula is C27H43N5O3. The zero-order valence-electron chi connectivity index (χ0n) is 21.7. The van der Waals surface area contributed by atoms with Crippen molar-refractivity contribution in [1.82, 2.24) is 19.6 Å². The third-order valence-electron chi connectivity index (χ3n) is 7.74. The van der Waals surface area contributed by atoms with E-state index in [0.717, 1.165) is 96.0 Å². The van der Waals surface area contributed by atoms with Crippen molar-refractivity contribution in [2.45, 2.75) is 45.2 Å². The molecule has 8 nitrogen and oxygen atoms in total. The monoisotopic (exact) mass is 485 g/mol. The van der Waals surface area contributed by atoms with Crippen molar-refractivity contribution in [2.75, 3.05) is 84.1 Å². The molecule has 3 aliphatic rings. The number of para-hydroxylation sites is 1. The molecule has 35 heavy (non-hydrogen) atoms. The average molecular weight is 486 g/mol. The molecule has 0 radical (unpaired) electrons. The van der Waals surface area contributed by atoms with E-state index in [9.17, 15) is 9.59 Å². The van der Waals surface area contributed by atoms with Crippen molar-refractivity contribution in [3.05, 3.63) is 29.8 Å². The first-order valence-corrected chi connectivity index (χ1v) is 13.4. The summed E-state index contributed by atoms with van der Waals surface area (Å²) in [6.45, 7) is 11.6. The lowest BCUT2D eigenvalue weighted by atomic mass is 10.1. The maximum absolute atomic E-state index is 13.5. The van der Waals surface area contributed by atoms with Crippen LogP contribution in [0.5, 0.6) is 0 Å². The normalized spacial score (nSPS) is 22.8. The molecule has 8 heteroatoms. The van der Waals surface area contributed by atoms with Gasteiger partial charge in [-0.2, -0.15) is 0 Å². The minimum absolute atomic E-state index is 0.0578. The highest BCUT2D eigenvalue weighted by Gasteiger charge is 2.26. The number of likely N-dealkylation sites (N-methyl/N-ethyl adjacent to an activating group) is 1. The van der Waals surface area contributed by atoms with Crippen LogP contribution in [-0.4, -0.2) is 117 Å². The number of rotatable bonds is 3. The van der Waals surface area contributed by atoms with Gasteiger partial charge in [0.2, 0.25) is 11.8 Å². The van der Waals surface area contributed by atoms with Crippen molar-refractivity contribution in [2.24, 2.45) is 0 Å². The molecule has 1 aromatic carbocycles. The van der Waals surface area contributed by atoms with Crippen LogP contribution in [0.15, 0.2) is 24.3 Å². The lowest BCUT2D eigenvalue weighted by Crippen LogP contribution is -2.49. The highest BCUT2D eigenvalue weighted by Crippen LogP contribution is 2.24. The Hall–Kier alpha value is -2.00. The first-order chi connectivity index (χ1) is 17.0. The molecule has 0 saturated carbocycles.